The fraction of sp³-hybridized carbons (Fsp3) is 0.364. The van der Waals surface area contributed by atoms with E-state index >= 15 is 4.39 Å². The standard InChI is InChI=1S/C22H21FN4O7/c1-12-11-33-21-18-14(20(28)15(22(29)30)10-26(12)18)8-16(23)19(21)25-6-4-24(5-7-25)9-13-2-3-17(34-13)27(31)32/h2-3,8,10,12H,4-7,9,11H2,1H3,(H,29,30)/t12-/m0/s1. The van der Waals surface area contributed by atoms with Gasteiger partial charge >= 0.3 is 11.9 Å². The number of hydrogen-bond donors (Lipinski definition) is 1. The van der Waals surface area contributed by atoms with E-state index in [2.05, 4.69) is 0 Å². The van der Waals surface area contributed by atoms with Crippen molar-refractivity contribution in [2.24, 2.45) is 0 Å². The fourth-order valence-electron chi connectivity index (χ4n) is 4.56. The summed E-state index contributed by atoms with van der Waals surface area (Å²) in [5.41, 5.74) is -0.536. The lowest BCUT2D eigenvalue weighted by Crippen LogP contribution is -2.46. The summed E-state index contributed by atoms with van der Waals surface area (Å²) in [5, 5.41) is 20.2. The van der Waals surface area contributed by atoms with Gasteiger partial charge in [-0.15, -0.1) is 0 Å². The Morgan fingerprint density at radius 3 is 2.68 bits per heavy atom. The van der Waals surface area contributed by atoms with Crippen molar-refractivity contribution in [3.05, 3.63) is 61.9 Å². The van der Waals surface area contributed by atoms with Crippen molar-refractivity contribution in [1.82, 2.24) is 9.47 Å². The molecule has 0 saturated carbocycles. The third-order valence-electron chi connectivity index (χ3n) is 6.27. The van der Waals surface area contributed by atoms with E-state index in [1.165, 1.54) is 12.3 Å². The number of carboxylic acid groups (broad SMARTS) is 1. The molecule has 1 fully saturated rings. The predicted octanol–water partition coefficient (Wildman–Crippen LogP) is 2.62. The van der Waals surface area contributed by atoms with Crippen LogP contribution in [0, 0.1) is 15.9 Å². The van der Waals surface area contributed by atoms with Gasteiger partial charge in [-0.2, -0.15) is 0 Å². The van der Waals surface area contributed by atoms with Crippen molar-refractivity contribution in [3.63, 3.8) is 0 Å². The highest BCUT2D eigenvalue weighted by molar-refractivity contribution is 5.97. The molecule has 4 heterocycles. The van der Waals surface area contributed by atoms with Crippen LogP contribution in [0.4, 0.5) is 16.0 Å². The highest BCUT2D eigenvalue weighted by Gasteiger charge is 2.31. The fourth-order valence-corrected chi connectivity index (χ4v) is 4.56. The van der Waals surface area contributed by atoms with Crippen LogP contribution in [-0.4, -0.2) is 58.3 Å². The van der Waals surface area contributed by atoms with Gasteiger partial charge in [0.15, 0.2) is 11.6 Å². The molecule has 1 saturated heterocycles. The van der Waals surface area contributed by atoms with Gasteiger partial charge in [-0.25, -0.2) is 9.18 Å². The van der Waals surface area contributed by atoms with Gasteiger partial charge in [-0.05, 0) is 19.1 Å². The van der Waals surface area contributed by atoms with Gasteiger partial charge in [0.05, 0.1) is 29.6 Å². The lowest BCUT2D eigenvalue weighted by molar-refractivity contribution is -0.402. The summed E-state index contributed by atoms with van der Waals surface area (Å²) in [4.78, 5) is 38.4. The number of nitrogens with zero attached hydrogens (tertiary/aromatic N) is 4. The van der Waals surface area contributed by atoms with E-state index in [0.717, 1.165) is 6.07 Å². The van der Waals surface area contributed by atoms with Crippen molar-refractivity contribution in [2.45, 2.75) is 19.5 Å². The number of carboxylic acids is 1. The molecule has 0 unspecified atom stereocenters. The van der Waals surface area contributed by atoms with Gasteiger partial charge < -0.3 is 23.7 Å². The van der Waals surface area contributed by atoms with E-state index in [1.54, 1.807) is 10.6 Å². The van der Waals surface area contributed by atoms with Crippen molar-refractivity contribution < 1.29 is 28.4 Å². The van der Waals surface area contributed by atoms with Crippen LogP contribution in [0.3, 0.4) is 0 Å². The summed E-state index contributed by atoms with van der Waals surface area (Å²) >= 11 is 0. The Kier molecular flexibility index (Phi) is 5.24. The van der Waals surface area contributed by atoms with Crippen LogP contribution < -0.4 is 15.1 Å². The molecule has 0 spiro atoms. The molecule has 0 radical (unpaired) electrons. The number of piperazine rings is 1. The van der Waals surface area contributed by atoms with Crippen molar-refractivity contribution in [3.8, 4) is 5.75 Å². The van der Waals surface area contributed by atoms with E-state index in [9.17, 15) is 24.8 Å². The molecule has 0 aliphatic carbocycles. The molecular formula is C22H21FN4O7. The normalized spacial score (nSPS) is 18.2. The topological polar surface area (TPSA) is 131 Å². The summed E-state index contributed by atoms with van der Waals surface area (Å²) in [6, 6.07) is 3.74. The average Bonchev–Trinajstić information content (AvgIpc) is 3.27. The van der Waals surface area contributed by atoms with Crippen LogP contribution >= 0.6 is 0 Å². The summed E-state index contributed by atoms with van der Waals surface area (Å²) < 4.78 is 28.1. The Labute approximate surface area is 191 Å². The van der Waals surface area contributed by atoms with E-state index < -0.39 is 27.7 Å². The van der Waals surface area contributed by atoms with E-state index in [-0.39, 0.29) is 35.4 Å². The van der Waals surface area contributed by atoms with Crippen molar-refractivity contribution in [2.75, 3.05) is 37.7 Å². The van der Waals surface area contributed by atoms with Gasteiger partial charge in [0.2, 0.25) is 5.43 Å². The number of anilines is 1. The Bertz CT molecular complexity index is 1370. The van der Waals surface area contributed by atoms with Crippen LogP contribution in [0.15, 0.2) is 33.6 Å². The highest BCUT2D eigenvalue weighted by Crippen LogP contribution is 2.42. The molecule has 3 aromatic rings. The summed E-state index contributed by atoms with van der Waals surface area (Å²) in [5.74, 6) is -1.62. The number of benzene rings is 1. The molecule has 2 aliphatic rings. The number of pyridine rings is 1. The molecule has 2 aromatic heterocycles. The first kappa shape index (κ1) is 21.9. The van der Waals surface area contributed by atoms with Crippen LogP contribution in [0.2, 0.25) is 0 Å². The number of nitro groups is 1. The average molecular weight is 472 g/mol. The number of ether oxygens (including phenoxy) is 1. The van der Waals surface area contributed by atoms with E-state index in [4.69, 9.17) is 9.15 Å². The van der Waals surface area contributed by atoms with Crippen LogP contribution in [0.1, 0.15) is 29.1 Å². The van der Waals surface area contributed by atoms with Crippen LogP contribution in [-0.2, 0) is 6.54 Å². The number of rotatable bonds is 5. The molecule has 12 heteroatoms. The number of hydrogen-bond acceptors (Lipinski definition) is 8. The Morgan fingerprint density at radius 1 is 1.29 bits per heavy atom. The van der Waals surface area contributed by atoms with Gasteiger partial charge in [-0.3, -0.25) is 19.8 Å². The van der Waals surface area contributed by atoms with Crippen molar-refractivity contribution in [1.29, 1.82) is 0 Å². The molecule has 34 heavy (non-hydrogen) atoms. The summed E-state index contributed by atoms with van der Waals surface area (Å²) in [6.45, 7) is 4.43. The SMILES string of the molecule is C[C@H]1COc2c(N3CCN(Cc4ccc([N+](=O)[O-])o4)CC3)c(F)cc3c(=O)c(C(=O)O)cn1c23. The maximum atomic E-state index is 15.3. The summed E-state index contributed by atoms with van der Waals surface area (Å²) in [6.07, 6.45) is 1.30. The zero-order chi connectivity index (χ0) is 24.1. The number of aromatic carboxylic acids is 1. The predicted molar refractivity (Wildman–Crippen MR) is 118 cm³/mol. The molecule has 178 valence electrons. The molecule has 1 aromatic carbocycles. The quantitative estimate of drug-likeness (QED) is 0.440. The van der Waals surface area contributed by atoms with Gasteiger partial charge in [-0.1, -0.05) is 0 Å². The van der Waals surface area contributed by atoms with Crippen molar-refractivity contribution >= 4 is 28.4 Å². The number of aromatic nitrogens is 1. The largest absolute Gasteiger partial charge is 0.487 e. The zero-order valence-corrected chi connectivity index (χ0v) is 18.2. The van der Waals surface area contributed by atoms with Crippen LogP contribution in [0.5, 0.6) is 5.75 Å². The van der Waals surface area contributed by atoms with E-state index in [1.807, 2.05) is 16.7 Å². The number of halogens is 1. The highest BCUT2D eigenvalue weighted by atomic mass is 19.1. The Hall–Kier alpha value is -3.93. The van der Waals surface area contributed by atoms with Crippen LogP contribution in [0.25, 0.3) is 10.9 Å². The second-order valence-corrected chi connectivity index (χ2v) is 8.44. The first-order valence-electron chi connectivity index (χ1n) is 10.7. The Morgan fingerprint density at radius 2 is 2.03 bits per heavy atom. The molecular weight excluding hydrogens is 451 g/mol. The molecule has 5 rings (SSSR count). The molecule has 0 amide bonds. The maximum absolute atomic E-state index is 15.3. The molecule has 1 atom stereocenters. The van der Waals surface area contributed by atoms with Gasteiger partial charge in [0.25, 0.3) is 0 Å². The molecule has 0 bridgehead atoms. The monoisotopic (exact) mass is 472 g/mol. The van der Waals surface area contributed by atoms with Gasteiger partial charge in [0.1, 0.15) is 28.5 Å². The number of carbonyl (C=O) groups is 1. The minimum atomic E-state index is -1.36. The second-order valence-electron chi connectivity index (χ2n) is 8.44. The smallest absolute Gasteiger partial charge is 0.433 e. The molecule has 2 aliphatic heterocycles. The van der Waals surface area contributed by atoms with Gasteiger partial charge in [0, 0.05) is 32.4 Å². The maximum Gasteiger partial charge on any atom is 0.433 e. The third kappa shape index (κ3) is 3.55. The second kappa shape index (κ2) is 8.13. The minimum Gasteiger partial charge on any atom is -0.487 e. The third-order valence-corrected chi connectivity index (χ3v) is 6.27. The minimum absolute atomic E-state index is 0.0271. The number of furan rings is 1. The molecule has 11 nitrogen and oxygen atoms in total. The first-order chi connectivity index (χ1) is 16.2. The Balaban J connectivity index is 1.45. The summed E-state index contributed by atoms with van der Waals surface area (Å²) in [7, 11) is 0. The lowest BCUT2D eigenvalue weighted by Gasteiger charge is -2.38. The van der Waals surface area contributed by atoms with E-state index in [0.29, 0.717) is 44.0 Å². The lowest BCUT2D eigenvalue weighted by atomic mass is 10.1. The molecule has 1 N–H and O–H groups in total. The first-order valence-corrected chi connectivity index (χ1v) is 10.7. The zero-order valence-electron chi connectivity index (χ0n) is 18.2.